The van der Waals surface area contributed by atoms with Gasteiger partial charge in [0, 0.05) is 23.2 Å². The molecule has 9 N–H and O–H groups in total. The van der Waals surface area contributed by atoms with Crippen LogP contribution in [0, 0.1) is 0 Å². The van der Waals surface area contributed by atoms with E-state index in [-0.39, 0.29) is 41.7 Å². The van der Waals surface area contributed by atoms with Crippen molar-refractivity contribution in [2.24, 2.45) is 0 Å². The summed E-state index contributed by atoms with van der Waals surface area (Å²) >= 11 is -5.69. The maximum absolute atomic E-state index is 8.73. The third kappa shape index (κ3) is 535. The van der Waals surface area contributed by atoms with Gasteiger partial charge in [-0.05, 0) is 0 Å². The fourth-order valence-electron chi connectivity index (χ4n) is 0. The van der Waals surface area contributed by atoms with Crippen molar-refractivity contribution < 1.29 is 75.5 Å². The van der Waals surface area contributed by atoms with Crippen molar-refractivity contribution >= 4 is 0 Å². The zero-order valence-corrected chi connectivity index (χ0v) is 9.10. The molecule has 0 radical (unpaired) electrons. The minimum Gasteiger partial charge on any atom is -0.412 e. The van der Waals surface area contributed by atoms with Gasteiger partial charge in [0.15, 0.2) is 0 Å². The first-order chi connectivity index (χ1) is 2.00. The Balaban J connectivity index is -0.00000000800. The third-order valence-corrected chi connectivity index (χ3v) is 0. The average Bonchev–Trinajstić information content (AvgIpc) is 0.722. The van der Waals surface area contributed by atoms with Crippen LogP contribution in [0.4, 0.5) is 0 Å². The van der Waals surface area contributed by atoms with E-state index in [1.165, 1.54) is 0 Å². The molecule has 10 heavy (non-hydrogen) atoms. The molecule has 0 rings (SSSR count). The molecule has 0 heterocycles. The molecule has 8 nitrogen and oxygen atoms in total. The Hall–Kier alpha value is 1.05. The van der Waals surface area contributed by atoms with Crippen molar-refractivity contribution in [3.63, 3.8) is 0 Å². The van der Waals surface area contributed by atoms with Gasteiger partial charge < -0.3 is 21.9 Å². The normalized spacial score (nSPS) is 6.00. The predicted molar refractivity (Wildman–Crippen MR) is 16.7 cm³/mol. The summed E-state index contributed by atoms with van der Waals surface area (Å²) in [4.78, 5) is 0. The SMILES string of the molecule is O.O.O.O.[O-][I+3]([O-])([O-])O.[Os]. The van der Waals surface area contributed by atoms with Crippen molar-refractivity contribution in [3.05, 3.63) is 0 Å². The summed E-state index contributed by atoms with van der Waals surface area (Å²) in [6.45, 7) is 0. The molecular weight excluding hydrogens is 445 g/mol. The molecule has 0 bridgehead atoms. The van der Waals surface area contributed by atoms with Crippen molar-refractivity contribution in [2.45, 2.75) is 0 Å². The molecule has 0 unspecified atom stereocenters. The molecule has 0 aliphatic carbocycles. The molecule has 0 saturated carbocycles. The Morgan fingerprint density at radius 2 is 0.800 bits per heavy atom. The molecular formula is H9IO8Os. The Kier molecular flexibility index (Phi) is 72.5. The first-order valence-electron chi connectivity index (χ1n) is 0.632. The van der Waals surface area contributed by atoms with Crippen LogP contribution in [0.25, 0.3) is 0 Å². The standard InChI is InChI=1S/HIO4.4H2O.Os/c2-1(3,4)5;;;;;/h2H;4*1H2;. The zero-order valence-electron chi connectivity index (χ0n) is 4.40. The van der Waals surface area contributed by atoms with Gasteiger partial charge >= 0.3 is 20.1 Å². The van der Waals surface area contributed by atoms with Crippen LogP contribution in [-0.2, 0) is 19.8 Å². The molecule has 0 spiro atoms. The van der Waals surface area contributed by atoms with Crippen molar-refractivity contribution in [1.29, 1.82) is 0 Å². The van der Waals surface area contributed by atoms with Crippen LogP contribution < -0.4 is 30.4 Å². The zero-order chi connectivity index (χ0) is 4.50. The molecule has 0 saturated heterocycles. The van der Waals surface area contributed by atoms with Gasteiger partial charge in [0.1, 0.15) is 0 Å². The van der Waals surface area contributed by atoms with E-state index >= 15 is 0 Å². The molecule has 0 aliphatic rings. The molecule has 0 aromatic heterocycles. The maximum Gasteiger partial charge on any atom is 0.368 e. The molecule has 0 fully saturated rings. The van der Waals surface area contributed by atoms with Gasteiger partial charge in [0.25, 0.3) is 0 Å². The summed E-state index contributed by atoms with van der Waals surface area (Å²) in [5.74, 6) is 0. The average molecular weight is 454 g/mol. The molecule has 0 amide bonds. The molecule has 0 aromatic rings. The number of halogens is 1. The Morgan fingerprint density at radius 1 is 0.800 bits per heavy atom. The van der Waals surface area contributed by atoms with E-state index in [2.05, 4.69) is 0 Å². The Bertz CT molecular complexity index is 24.7. The number of rotatable bonds is 0. The van der Waals surface area contributed by atoms with Gasteiger partial charge in [-0.1, -0.05) is 0 Å². The quantitative estimate of drug-likeness (QED) is 0.353. The van der Waals surface area contributed by atoms with E-state index in [0.717, 1.165) is 0 Å². The van der Waals surface area contributed by atoms with Crippen LogP contribution in [0.3, 0.4) is 0 Å². The van der Waals surface area contributed by atoms with Crippen LogP contribution in [-0.4, -0.2) is 25.3 Å². The summed E-state index contributed by atoms with van der Waals surface area (Å²) in [5, 5.41) is 0. The predicted octanol–water partition coefficient (Wildman–Crippen LogP) is -10.4. The van der Waals surface area contributed by atoms with Gasteiger partial charge in [-0.3, -0.25) is 10.3 Å². The summed E-state index contributed by atoms with van der Waals surface area (Å²) < 4.78 is 33.2. The topological polar surface area (TPSA) is 215 Å². The number of hydrogen-bond acceptors (Lipinski definition) is 4. The second-order valence-electron chi connectivity index (χ2n) is 0.396. The maximum atomic E-state index is 8.73. The number of hydrogen-bond donors (Lipinski definition) is 1. The van der Waals surface area contributed by atoms with E-state index in [9.17, 15) is 0 Å². The largest absolute Gasteiger partial charge is 0.412 e. The second-order valence-corrected chi connectivity index (χ2v) is 2.66. The first-order valence-corrected chi connectivity index (χ1v) is 4.24. The Morgan fingerprint density at radius 3 is 0.800 bits per heavy atom. The summed E-state index contributed by atoms with van der Waals surface area (Å²) in [5.41, 5.74) is 0. The van der Waals surface area contributed by atoms with Crippen LogP contribution in [0.15, 0.2) is 0 Å². The molecule has 0 aromatic carbocycles. The van der Waals surface area contributed by atoms with Gasteiger partial charge in [-0.25, -0.2) is 0 Å². The van der Waals surface area contributed by atoms with E-state index in [1.807, 2.05) is 0 Å². The van der Waals surface area contributed by atoms with Crippen molar-refractivity contribution in [3.8, 4) is 0 Å². The van der Waals surface area contributed by atoms with Gasteiger partial charge in [-0.2, -0.15) is 0 Å². The molecule has 72 valence electrons. The van der Waals surface area contributed by atoms with Crippen molar-refractivity contribution in [1.82, 2.24) is 0 Å². The molecule has 10 heteroatoms. The van der Waals surface area contributed by atoms with Crippen LogP contribution >= 0.6 is 0 Å². The summed E-state index contributed by atoms with van der Waals surface area (Å²) in [7, 11) is 0. The van der Waals surface area contributed by atoms with E-state index in [1.54, 1.807) is 0 Å². The van der Waals surface area contributed by atoms with E-state index in [4.69, 9.17) is 13.7 Å². The summed E-state index contributed by atoms with van der Waals surface area (Å²) in [6, 6.07) is 0. The van der Waals surface area contributed by atoms with Crippen LogP contribution in [0.2, 0.25) is 0 Å². The second kappa shape index (κ2) is 16.6. The third-order valence-electron chi connectivity index (χ3n) is 0. The minimum atomic E-state index is -5.69. The minimum absolute atomic E-state index is 0. The van der Waals surface area contributed by atoms with E-state index in [0.29, 0.717) is 0 Å². The monoisotopic (exact) mass is 456 g/mol. The van der Waals surface area contributed by atoms with Crippen molar-refractivity contribution in [2.75, 3.05) is 0 Å². The fourth-order valence-corrected chi connectivity index (χ4v) is 0. The van der Waals surface area contributed by atoms with Gasteiger partial charge in [0.2, 0.25) is 0 Å². The smallest absolute Gasteiger partial charge is 0.368 e. The first kappa shape index (κ1) is 43.8. The Labute approximate surface area is 75.5 Å². The molecule has 0 aliphatic heterocycles. The van der Waals surface area contributed by atoms with Crippen LogP contribution in [0.5, 0.6) is 0 Å². The van der Waals surface area contributed by atoms with Gasteiger partial charge in [-0.15, -0.1) is 0 Å². The van der Waals surface area contributed by atoms with Crippen LogP contribution in [0.1, 0.15) is 0 Å². The summed E-state index contributed by atoms with van der Waals surface area (Å²) in [6.07, 6.45) is 0. The van der Waals surface area contributed by atoms with Gasteiger partial charge in [0.05, 0.1) is 0 Å². The fraction of sp³-hybridized carbons (Fsp3) is 0. The molecule has 0 atom stereocenters. The van der Waals surface area contributed by atoms with E-state index < -0.39 is 20.1 Å².